The molecule has 176 valence electrons. The highest BCUT2D eigenvalue weighted by molar-refractivity contribution is 5.92. The molecule has 0 N–H and O–H groups in total. The van der Waals surface area contributed by atoms with E-state index in [0.717, 1.165) is 17.5 Å². The van der Waals surface area contributed by atoms with E-state index in [1.54, 1.807) is 12.3 Å². The minimum atomic E-state index is -4.46. The predicted molar refractivity (Wildman–Crippen MR) is 118 cm³/mol. The van der Waals surface area contributed by atoms with Gasteiger partial charge >= 0.3 is 6.18 Å². The van der Waals surface area contributed by atoms with Crippen LogP contribution in [-0.2, 0) is 0 Å². The molecule has 1 saturated heterocycles. The van der Waals surface area contributed by atoms with E-state index in [0.29, 0.717) is 35.7 Å². The normalized spacial score (nSPS) is 16.2. The molecule has 0 amide bonds. The Hall–Kier alpha value is -3.89. The highest BCUT2D eigenvalue weighted by atomic mass is 19.4. The quantitative estimate of drug-likeness (QED) is 0.414. The van der Waals surface area contributed by atoms with Gasteiger partial charge in [0.15, 0.2) is 18.1 Å². The Balaban J connectivity index is 1.36. The number of halogens is 3. The average molecular weight is 471 g/mol. The second kappa shape index (κ2) is 8.81. The van der Waals surface area contributed by atoms with Gasteiger partial charge in [-0.05, 0) is 18.2 Å². The van der Waals surface area contributed by atoms with Crippen LogP contribution in [0.5, 0.6) is 17.4 Å². The van der Waals surface area contributed by atoms with Gasteiger partial charge in [-0.25, -0.2) is 19.9 Å². The Morgan fingerprint density at radius 2 is 1.85 bits per heavy atom. The SMILES string of the molecule is COc1cc2c(N3CCC(Oc4cnc5ccccc5n4)C3)ncnc2cc1OCC(F)(F)F. The molecule has 2 aromatic carbocycles. The smallest absolute Gasteiger partial charge is 0.422 e. The van der Waals surface area contributed by atoms with Crippen molar-refractivity contribution in [3.05, 3.63) is 48.9 Å². The standard InChI is InChI=1S/C23H20F3N5O3/c1-32-19-8-15-18(9-20(19)33-12-23(24,25)26)28-13-29-22(15)31-7-6-14(11-31)34-21-10-27-16-4-2-3-5-17(16)30-21/h2-5,8-10,13-14H,6-7,11-12H2,1H3. The van der Waals surface area contributed by atoms with Crippen molar-refractivity contribution in [1.29, 1.82) is 0 Å². The number of fused-ring (bicyclic) bond motifs is 2. The second-order valence-corrected chi connectivity index (χ2v) is 7.79. The van der Waals surface area contributed by atoms with Crippen LogP contribution >= 0.6 is 0 Å². The van der Waals surface area contributed by atoms with E-state index < -0.39 is 12.8 Å². The molecule has 0 aliphatic carbocycles. The number of aromatic nitrogens is 4. The van der Waals surface area contributed by atoms with Gasteiger partial charge in [0.1, 0.15) is 18.2 Å². The Labute approximate surface area is 192 Å². The van der Waals surface area contributed by atoms with Gasteiger partial charge in [-0.15, -0.1) is 0 Å². The number of alkyl halides is 3. The molecule has 0 spiro atoms. The maximum Gasteiger partial charge on any atom is 0.422 e. The van der Waals surface area contributed by atoms with E-state index in [-0.39, 0.29) is 17.6 Å². The minimum Gasteiger partial charge on any atom is -0.493 e. The van der Waals surface area contributed by atoms with E-state index >= 15 is 0 Å². The Morgan fingerprint density at radius 1 is 1.03 bits per heavy atom. The van der Waals surface area contributed by atoms with Crippen molar-refractivity contribution >= 4 is 27.8 Å². The third-order valence-corrected chi connectivity index (χ3v) is 5.45. The lowest BCUT2D eigenvalue weighted by atomic mass is 10.2. The van der Waals surface area contributed by atoms with Gasteiger partial charge in [-0.2, -0.15) is 13.2 Å². The highest BCUT2D eigenvalue weighted by Gasteiger charge is 2.30. The van der Waals surface area contributed by atoms with Crippen molar-refractivity contribution in [2.45, 2.75) is 18.7 Å². The molecule has 1 aliphatic heterocycles. The number of nitrogens with zero attached hydrogens (tertiary/aromatic N) is 5. The lowest BCUT2D eigenvalue weighted by molar-refractivity contribution is -0.153. The molecule has 0 saturated carbocycles. The first-order valence-corrected chi connectivity index (χ1v) is 10.6. The molecule has 0 radical (unpaired) electrons. The van der Waals surface area contributed by atoms with Crippen molar-refractivity contribution in [2.24, 2.45) is 0 Å². The van der Waals surface area contributed by atoms with Crippen LogP contribution in [0.4, 0.5) is 19.0 Å². The number of para-hydroxylation sites is 2. The zero-order valence-corrected chi connectivity index (χ0v) is 18.1. The summed E-state index contributed by atoms with van der Waals surface area (Å²) in [5.74, 6) is 1.23. The van der Waals surface area contributed by atoms with Crippen molar-refractivity contribution in [3.8, 4) is 17.4 Å². The number of benzene rings is 2. The van der Waals surface area contributed by atoms with E-state index in [1.165, 1.54) is 19.5 Å². The molecule has 1 fully saturated rings. The van der Waals surface area contributed by atoms with Gasteiger partial charge in [0, 0.05) is 24.4 Å². The maximum atomic E-state index is 12.6. The fourth-order valence-electron chi connectivity index (χ4n) is 3.92. The van der Waals surface area contributed by atoms with Gasteiger partial charge in [-0.3, -0.25) is 0 Å². The number of hydrogen-bond acceptors (Lipinski definition) is 8. The van der Waals surface area contributed by atoms with Crippen LogP contribution in [0.1, 0.15) is 6.42 Å². The molecule has 4 aromatic rings. The van der Waals surface area contributed by atoms with E-state index in [1.807, 2.05) is 29.2 Å². The molecule has 8 nitrogen and oxygen atoms in total. The molecule has 0 bridgehead atoms. The van der Waals surface area contributed by atoms with Crippen molar-refractivity contribution in [2.75, 3.05) is 31.7 Å². The van der Waals surface area contributed by atoms with Crippen LogP contribution in [0.3, 0.4) is 0 Å². The molecule has 1 unspecified atom stereocenters. The first-order chi connectivity index (χ1) is 16.4. The van der Waals surface area contributed by atoms with Crippen LogP contribution in [0, 0.1) is 0 Å². The summed E-state index contributed by atoms with van der Waals surface area (Å²) in [5, 5.41) is 0.643. The molecule has 1 atom stereocenters. The number of hydrogen-bond donors (Lipinski definition) is 0. The first kappa shape index (κ1) is 21.9. The molecule has 2 aromatic heterocycles. The molecule has 1 aliphatic rings. The largest absolute Gasteiger partial charge is 0.493 e. The van der Waals surface area contributed by atoms with Crippen LogP contribution in [-0.4, -0.2) is 59.0 Å². The van der Waals surface area contributed by atoms with Gasteiger partial charge in [0.05, 0.1) is 36.4 Å². The summed E-state index contributed by atoms with van der Waals surface area (Å²) in [4.78, 5) is 19.6. The third kappa shape index (κ3) is 4.59. The average Bonchev–Trinajstić information content (AvgIpc) is 3.29. The summed E-state index contributed by atoms with van der Waals surface area (Å²) in [5.41, 5.74) is 2.00. The van der Waals surface area contributed by atoms with Gasteiger partial charge in [0.25, 0.3) is 0 Å². The maximum absolute atomic E-state index is 12.6. The Morgan fingerprint density at radius 3 is 2.65 bits per heavy atom. The number of rotatable bonds is 6. The van der Waals surface area contributed by atoms with Crippen LogP contribution < -0.4 is 19.1 Å². The number of ether oxygens (including phenoxy) is 3. The van der Waals surface area contributed by atoms with E-state index in [2.05, 4.69) is 19.9 Å². The Kier molecular flexibility index (Phi) is 5.68. The second-order valence-electron chi connectivity index (χ2n) is 7.79. The number of anilines is 1. The van der Waals surface area contributed by atoms with E-state index in [9.17, 15) is 13.2 Å². The predicted octanol–water partition coefficient (Wildman–Crippen LogP) is 4.18. The fraction of sp³-hybridized carbons (Fsp3) is 0.304. The van der Waals surface area contributed by atoms with E-state index in [4.69, 9.17) is 14.2 Å². The zero-order chi connectivity index (χ0) is 23.7. The molecular weight excluding hydrogens is 451 g/mol. The van der Waals surface area contributed by atoms with Crippen molar-refractivity contribution in [3.63, 3.8) is 0 Å². The fourth-order valence-corrected chi connectivity index (χ4v) is 3.92. The molecule has 34 heavy (non-hydrogen) atoms. The highest BCUT2D eigenvalue weighted by Crippen LogP contribution is 2.36. The minimum absolute atomic E-state index is 0.0329. The lowest BCUT2D eigenvalue weighted by Crippen LogP contribution is -2.25. The topological polar surface area (TPSA) is 82.5 Å². The summed E-state index contributed by atoms with van der Waals surface area (Å²) in [7, 11) is 1.37. The van der Waals surface area contributed by atoms with Gasteiger partial charge in [-0.1, -0.05) is 12.1 Å². The lowest BCUT2D eigenvalue weighted by Gasteiger charge is -2.20. The summed E-state index contributed by atoms with van der Waals surface area (Å²) < 4.78 is 54.1. The molecule has 11 heteroatoms. The first-order valence-electron chi connectivity index (χ1n) is 10.6. The summed E-state index contributed by atoms with van der Waals surface area (Å²) in [6, 6.07) is 10.6. The third-order valence-electron chi connectivity index (χ3n) is 5.45. The van der Waals surface area contributed by atoms with Crippen molar-refractivity contribution in [1.82, 2.24) is 19.9 Å². The molecular formula is C23H20F3N5O3. The van der Waals surface area contributed by atoms with Crippen molar-refractivity contribution < 1.29 is 27.4 Å². The Bertz CT molecular complexity index is 1330. The monoisotopic (exact) mass is 471 g/mol. The van der Waals surface area contributed by atoms with Crippen LogP contribution in [0.25, 0.3) is 21.9 Å². The van der Waals surface area contributed by atoms with Gasteiger partial charge < -0.3 is 19.1 Å². The van der Waals surface area contributed by atoms with Crippen LogP contribution in [0.15, 0.2) is 48.9 Å². The molecule has 5 rings (SSSR count). The zero-order valence-electron chi connectivity index (χ0n) is 18.1. The summed E-state index contributed by atoms with van der Waals surface area (Å²) in [6.45, 7) is -0.197. The number of methoxy groups -OCH3 is 1. The molecule has 3 heterocycles. The summed E-state index contributed by atoms with van der Waals surface area (Å²) >= 11 is 0. The van der Waals surface area contributed by atoms with Crippen LogP contribution in [0.2, 0.25) is 0 Å². The summed E-state index contributed by atoms with van der Waals surface area (Å²) in [6.07, 6.45) is -0.864. The van der Waals surface area contributed by atoms with Gasteiger partial charge in [0.2, 0.25) is 5.88 Å².